The van der Waals surface area contributed by atoms with Crippen LogP contribution in [0.2, 0.25) is 5.02 Å². The summed E-state index contributed by atoms with van der Waals surface area (Å²) in [7, 11) is 3.54. The molecule has 0 aliphatic carbocycles. The average Bonchev–Trinajstić information content (AvgIpc) is 3.10. The highest BCUT2D eigenvalue weighted by atomic mass is 35.5. The lowest BCUT2D eigenvalue weighted by Crippen LogP contribution is -2.39. The number of nitrogens with one attached hydrogen (secondary N) is 1. The van der Waals surface area contributed by atoms with E-state index in [1.807, 2.05) is 54.2 Å². The molecule has 1 aromatic heterocycles. The molecular weight excluding hydrogens is 416 g/mol. The minimum absolute atomic E-state index is 0.143. The zero-order valence-electron chi connectivity index (χ0n) is 17.6. The van der Waals surface area contributed by atoms with Crippen molar-refractivity contribution in [3.63, 3.8) is 0 Å². The molecule has 1 N–H and O–H groups in total. The fourth-order valence-electron chi connectivity index (χ4n) is 3.71. The molecular formula is C23H25ClN4O3. The molecule has 4 rings (SSSR count). The molecule has 0 bridgehead atoms. The van der Waals surface area contributed by atoms with Crippen molar-refractivity contribution in [2.75, 3.05) is 19.0 Å². The van der Waals surface area contributed by atoms with Crippen LogP contribution in [0.3, 0.4) is 0 Å². The van der Waals surface area contributed by atoms with Gasteiger partial charge < -0.3 is 19.7 Å². The highest BCUT2D eigenvalue weighted by molar-refractivity contribution is 6.30. The number of methoxy groups -OCH3 is 1. The summed E-state index contributed by atoms with van der Waals surface area (Å²) in [4.78, 5) is 14.6. The maximum Gasteiger partial charge on any atom is 0.322 e. The van der Waals surface area contributed by atoms with Crippen molar-refractivity contribution in [3.05, 3.63) is 76.1 Å². The first-order valence-corrected chi connectivity index (χ1v) is 10.5. The molecule has 0 saturated carbocycles. The van der Waals surface area contributed by atoms with Gasteiger partial charge in [-0.25, -0.2) is 4.79 Å². The molecule has 0 saturated heterocycles. The van der Waals surface area contributed by atoms with Crippen LogP contribution in [-0.2, 0) is 38.0 Å². The van der Waals surface area contributed by atoms with Crippen molar-refractivity contribution in [2.24, 2.45) is 7.05 Å². The second-order valence-electron chi connectivity index (χ2n) is 7.45. The number of halogens is 1. The number of anilines is 1. The number of hydrogen-bond donors (Lipinski definition) is 1. The fraction of sp³-hybridized carbons (Fsp3) is 0.304. The molecule has 1 aliphatic rings. The van der Waals surface area contributed by atoms with Gasteiger partial charge in [0.2, 0.25) is 0 Å². The van der Waals surface area contributed by atoms with Gasteiger partial charge in [-0.05, 0) is 29.8 Å². The van der Waals surface area contributed by atoms with Crippen LogP contribution >= 0.6 is 11.6 Å². The SMILES string of the molecule is COc1cccc(NC(=O)N2CCc3c(c(COCc4ccc(Cl)cc4)nn3C)C2)c1. The van der Waals surface area contributed by atoms with Crippen molar-refractivity contribution in [2.45, 2.75) is 26.2 Å². The van der Waals surface area contributed by atoms with E-state index in [1.165, 1.54) is 0 Å². The van der Waals surface area contributed by atoms with E-state index in [4.69, 9.17) is 21.1 Å². The normalized spacial score (nSPS) is 13.1. The second kappa shape index (κ2) is 9.41. The van der Waals surface area contributed by atoms with E-state index in [0.717, 1.165) is 28.9 Å². The number of aryl methyl sites for hydroxylation is 1. The molecule has 7 nitrogen and oxygen atoms in total. The number of hydrogen-bond acceptors (Lipinski definition) is 4. The molecule has 2 aromatic carbocycles. The number of fused-ring (bicyclic) bond motifs is 1. The first-order valence-electron chi connectivity index (χ1n) is 10.1. The lowest BCUT2D eigenvalue weighted by Gasteiger charge is -2.28. The summed E-state index contributed by atoms with van der Waals surface area (Å²) in [5, 5.41) is 8.29. The average molecular weight is 441 g/mol. The zero-order valence-corrected chi connectivity index (χ0v) is 18.4. The van der Waals surface area contributed by atoms with Crippen LogP contribution in [0, 0.1) is 0 Å². The van der Waals surface area contributed by atoms with Crippen LogP contribution in [0.4, 0.5) is 10.5 Å². The Kier molecular flexibility index (Phi) is 6.44. The third-order valence-corrected chi connectivity index (χ3v) is 5.61. The molecule has 2 amide bonds. The van der Waals surface area contributed by atoms with Gasteiger partial charge in [-0.15, -0.1) is 0 Å². The molecule has 0 atom stereocenters. The van der Waals surface area contributed by atoms with Crippen molar-refractivity contribution < 1.29 is 14.3 Å². The molecule has 1 aliphatic heterocycles. The Morgan fingerprint density at radius 2 is 2.00 bits per heavy atom. The molecule has 2 heterocycles. The Labute approximate surface area is 186 Å². The number of urea groups is 1. The topological polar surface area (TPSA) is 68.6 Å². The fourth-order valence-corrected chi connectivity index (χ4v) is 3.83. The first kappa shape index (κ1) is 21.2. The summed E-state index contributed by atoms with van der Waals surface area (Å²) >= 11 is 5.93. The van der Waals surface area contributed by atoms with Crippen molar-refractivity contribution in [3.8, 4) is 5.75 Å². The van der Waals surface area contributed by atoms with Crippen LogP contribution in [0.25, 0.3) is 0 Å². The summed E-state index contributed by atoms with van der Waals surface area (Å²) in [6.45, 7) is 1.99. The van der Waals surface area contributed by atoms with Crippen LogP contribution in [0.1, 0.15) is 22.5 Å². The number of carbonyl (C=O) groups excluding carboxylic acids is 1. The number of aromatic nitrogens is 2. The summed E-state index contributed by atoms with van der Waals surface area (Å²) in [6.07, 6.45) is 0.752. The predicted molar refractivity (Wildman–Crippen MR) is 119 cm³/mol. The molecule has 3 aromatic rings. The Morgan fingerprint density at radius 1 is 1.19 bits per heavy atom. The lowest BCUT2D eigenvalue weighted by atomic mass is 10.1. The third-order valence-electron chi connectivity index (χ3n) is 5.35. The van der Waals surface area contributed by atoms with Crippen LogP contribution in [0.15, 0.2) is 48.5 Å². The largest absolute Gasteiger partial charge is 0.497 e. The Bertz CT molecular complexity index is 1070. The summed E-state index contributed by atoms with van der Waals surface area (Å²) in [6, 6.07) is 14.8. The van der Waals surface area contributed by atoms with Gasteiger partial charge in [0.15, 0.2) is 0 Å². The Balaban J connectivity index is 1.40. The minimum atomic E-state index is -0.143. The second-order valence-corrected chi connectivity index (χ2v) is 7.88. The standard InChI is InChI=1S/C23H25ClN4O3/c1-27-22-10-11-28(23(29)25-18-4-3-5-19(12-18)30-2)13-20(22)21(26-27)15-31-14-16-6-8-17(24)9-7-16/h3-9,12H,10-11,13-15H2,1-2H3,(H,25,29). The van der Waals surface area contributed by atoms with E-state index in [0.29, 0.717) is 42.8 Å². The molecule has 0 unspecified atom stereocenters. The quantitative estimate of drug-likeness (QED) is 0.617. The number of amides is 2. The third kappa shape index (κ3) is 5.00. The van der Waals surface area contributed by atoms with Gasteiger partial charge in [0.1, 0.15) is 5.75 Å². The number of ether oxygens (including phenoxy) is 2. The van der Waals surface area contributed by atoms with Crippen molar-refractivity contribution in [1.82, 2.24) is 14.7 Å². The van der Waals surface area contributed by atoms with Gasteiger partial charge in [-0.2, -0.15) is 5.10 Å². The zero-order chi connectivity index (χ0) is 21.8. The number of carbonyl (C=O) groups is 1. The molecule has 0 fully saturated rings. The van der Waals surface area contributed by atoms with Gasteiger partial charge in [0.05, 0.1) is 32.6 Å². The number of rotatable bonds is 6. The van der Waals surface area contributed by atoms with Gasteiger partial charge in [0.25, 0.3) is 0 Å². The first-order chi connectivity index (χ1) is 15.0. The highest BCUT2D eigenvalue weighted by Crippen LogP contribution is 2.24. The minimum Gasteiger partial charge on any atom is -0.497 e. The van der Waals surface area contributed by atoms with Crippen LogP contribution < -0.4 is 10.1 Å². The smallest absolute Gasteiger partial charge is 0.322 e. The van der Waals surface area contributed by atoms with Gasteiger partial charge >= 0.3 is 6.03 Å². The lowest BCUT2D eigenvalue weighted by molar-refractivity contribution is 0.103. The van der Waals surface area contributed by atoms with E-state index in [9.17, 15) is 4.79 Å². The summed E-state index contributed by atoms with van der Waals surface area (Å²) in [5.74, 6) is 0.700. The van der Waals surface area contributed by atoms with Crippen LogP contribution in [-0.4, -0.2) is 34.4 Å². The van der Waals surface area contributed by atoms with E-state index >= 15 is 0 Å². The van der Waals surface area contributed by atoms with Gasteiger partial charge in [0, 0.05) is 48.0 Å². The van der Waals surface area contributed by atoms with E-state index < -0.39 is 0 Å². The summed E-state index contributed by atoms with van der Waals surface area (Å²) in [5.41, 5.74) is 4.83. The predicted octanol–water partition coefficient (Wildman–Crippen LogP) is 4.39. The maximum absolute atomic E-state index is 12.8. The molecule has 0 spiro atoms. The maximum atomic E-state index is 12.8. The van der Waals surface area contributed by atoms with Crippen molar-refractivity contribution in [1.29, 1.82) is 0 Å². The summed E-state index contributed by atoms with van der Waals surface area (Å²) < 4.78 is 13.0. The monoisotopic (exact) mass is 440 g/mol. The number of nitrogens with zero attached hydrogens (tertiary/aromatic N) is 3. The molecule has 0 radical (unpaired) electrons. The number of benzene rings is 2. The van der Waals surface area contributed by atoms with Gasteiger partial charge in [-0.1, -0.05) is 29.8 Å². The molecule has 162 valence electrons. The highest BCUT2D eigenvalue weighted by Gasteiger charge is 2.26. The van der Waals surface area contributed by atoms with Crippen LogP contribution in [0.5, 0.6) is 5.75 Å². The molecule has 8 heteroatoms. The van der Waals surface area contributed by atoms with E-state index in [-0.39, 0.29) is 6.03 Å². The van der Waals surface area contributed by atoms with E-state index in [2.05, 4.69) is 10.4 Å². The van der Waals surface area contributed by atoms with E-state index in [1.54, 1.807) is 18.1 Å². The Morgan fingerprint density at radius 3 is 2.77 bits per heavy atom. The van der Waals surface area contributed by atoms with Gasteiger partial charge in [-0.3, -0.25) is 4.68 Å². The molecule has 31 heavy (non-hydrogen) atoms. The van der Waals surface area contributed by atoms with Crippen molar-refractivity contribution >= 4 is 23.3 Å². The Hall–Kier alpha value is -3.03.